The first-order valence-corrected chi connectivity index (χ1v) is 10.5. The lowest BCUT2D eigenvalue weighted by atomic mass is 10.2. The Morgan fingerprint density at radius 3 is 2.52 bits per heavy atom. The Balaban J connectivity index is 1.30. The molecule has 2 heterocycles. The summed E-state index contributed by atoms with van der Waals surface area (Å²) in [6.07, 6.45) is 1.06. The van der Waals surface area contributed by atoms with Crippen LogP contribution in [0, 0.1) is 0 Å². The molecule has 0 radical (unpaired) electrons. The maximum atomic E-state index is 12.5. The molecule has 0 atom stereocenters. The van der Waals surface area contributed by atoms with Crippen LogP contribution in [0.1, 0.15) is 22.6 Å². The molecule has 6 nitrogen and oxygen atoms in total. The number of ether oxygens (including phenoxy) is 1. The van der Waals surface area contributed by atoms with Gasteiger partial charge >= 0.3 is 0 Å². The summed E-state index contributed by atoms with van der Waals surface area (Å²) in [6.45, 7) is 2.71. The van der Waals surface area contributed by atoms with Gasteiger partial charge in [0.2, 0.25) is 0 Å². The number of imidazole rings is 1. The summed E-state index contributed by atoms with van der Waals surface area (Å²) >= 11 is 0. The zero-order valence-corrected chi connectivity index (χ0v) is 17.4. The van der Waals surface area contributed by atoms with E-state index in [1.807, 2.05) is 18.2 Å². The van der Waals surface area contributed by atoms with Gasteiger partial charge in [0, 0.05) is 30.0 Å². The number of carbonyl (C=O) groups excluding carboxylic acids is 1. The number of hydrogen-bond acceptors (Lipinski definition) is 4. The molecule has 4 aromatic rings. The number of carbonyl (C=O) groups is 1. The average molecular weight is 412 g/mol. The highest BCUT2D eigenvalue weighted by atomic mass is 16.5. The van der Waals surface area contributed by atoms with E-state index < -0.39 is 0 Å². The van der Waals surface area contributed by atoms with Crippen molar-refractivity contribution >= 4 is 28.3 Å². The number of benzene rings is 3. The largest absolute Gasteiger partial charge is 0.497 e. The summed E-state index contributed by atoms with van der Waals surface area (Å²) < 4.78 is 7.48. The number of amides is 1. The van der Waals surface area contributed by atoms with Crippen molar-refractivity contribution in [2.24, 2.45) is 0 Å². The highest BCUT2D eigenvalue weighted by molar-refractivity contribution is 6.04. The zero-order chi connectivity index (χ0) is 21.2. The topological polar surface area (TPSA) is 59.4 Å². The minimum Gasteiger partial charge on any atom is -0.497 e. The lowest BCUT2D eigenvalue weighted by Gasteiger charge is -2.22. The Bertz CT molecular complexity index is 1210. The molecule has 3 aromatic carbocycles. The SMILES string of the molecule is COc1ccc(C(=O)Nc2ccc(N3CCCn4c(nc5ccccc54)C3)cc2)cc1. The lowest BCUT2D eigenvalue weighted by Crippen LogP contribution is -2.22. The van der Waals surface area contributed by atoms with Gasteiger partial charge in [-0.3, -0.25) is 4.79 Å². The molecule has 0 aliphatic carbocycles. The predicted molar refractivity (Wildman–Crippen MR) is 123 cm³/mol. The molecule has 156 valence electrons. The second kappa shape index (κ2) is 8.14. The van der Waals surface area contributed by atoms with Crippen molar-refractivity contribution in [1.82, 2.24) is 9.55 Å². The maximum absolute atomic E-state index is 12.5. The van der Waals surface area contributed by atoms with Gasteiger partial charge < -0.3 is 19.5 Å². The van der Waals surface area contributed by atoms with Crippen molar-refractivity contribution in [3.63, 3.8) is 0 Å². The highest BCUT2D eigenvalue weighted by Gasteiger charge is 2.18. The van der Waals surface area contributed by atoms with E-state index in [4.69, 9.17) is 9.72 Å². The standard InChI is InChI=1S/C25H24N4O2/c1-31-21-13-7-18(8-14-21)25(30)26-19-9-11-20(12-10-19)28-15-4-16-29-23-6-3-2-5-22(23)27-24(29)17-28/h2-3,5-14H,4,15-17H2,1H3,(H,26,30). The van der Waals surface area contributed by atoms with Gasteiger partial charge in [0.15, 0.2) is 0 Å². The van der Waals surface area contributed by atoms with Crippen LogP contribution < -0.4 is 15.0 Å². The third-order valence-electron chi connectivity index (χ3n) is 5.72. The van der Waals surface area contributed by atoms with Crippen LogP contribution in [0.4, 0.5) is 11.4 Å². The number of rotatable bonds is 4. The fourth-order valence-electron chi connectivity index (χ4n) is 4.09. The summed E-state index contributed by atoms with van der Waals surface area (Å²) in [4.78, 5) is 19.7. The Kier molecular flexibility index (Phi) is 5.04. The summed E-state index contributed by atoms with van der Waals surface area (Å²) in [5.41, 5.74) is 4.75. The van der Waals surface area contributed by atoms with Gasteiger partial charge in [-0.1, -0.05) is 12.1 Å². The molecule has 0 fully saturated rings. The molecule has 1 aliphatic heterocycles. The molecule has 31 heavy (non-hydrogen) atoms. The summed E-state index contributed by atoms with van der Waals surface area (Å²) in [6, 6.07) is 23.4. The van der Waals surface area contributed by atoms with Crippen LogP contribution in [0.5, 0.6) is 5.75 Å². The van der Waals surface area contributed by atoms with Crippen LogP contribution in [0.3, 0.4) is 0 Å². The fourth-order valence-corrected chi connectivity index (χ4v) is 4.09. The molecule has 1 amide bonds. The minimum absolute atomic E-state index is 0.140. The number of nitrogens with one attached hydrogen (secondary N) is 1. The number of methoxy groups -OCH3 is 1. The van der Waals surface area contributed by atoms with E-state index in [1.54, 1.807) is 31.4 Å². The van der Waals surface area contributed by atoms with E-state index in [1.165, 1.54) is 5.52 Å². The quantitative estimate of drug-likeness (QED) is 0.528. The molecule has 0 spiro atoms. The van der Waals surface area contributed by atoms with Gasteiger partial charge in [0.05, 0.1) is 24.7 Å². The zero-order valence-electron chi connectivity index (χ0n) is 17.4. The summed E-state index contributed by atoms with van der Waals surface area (Å²) in [7, 11) is 1.61. The van der Waals surface area contributed by atoms with E-state index in [2.05, 4.69) is 45.1 Å². The van der Waals surface area contributed by atoms with E-state index in [0.29, 0.717) is 5.56 Å². The summed E-state index contributed by atoms with van der Waals surface area (Å²) in [5.74, 6) is 1.68. The highest BCUT2D eigenvalue weighted by Crippen LogP contribution is 2.25. The molecule has 0 bridgehead atoms. The Morgan fingerprint density at radius 2 is 1.74 bits per heavy atom. The third kappa shape index (κ3) is 3.84. The molecular formula is C25H24N4O2. The second-order valence-electron chi connectivity index (χ2n) is 7.67. The molecule has 1 N–H and O–H groups in total. The van der Waals surface area contributed by atoms with Crippen molar-refractivity contribution in [2.45, 2.75) is 19.5 Å². The number of para-hydroxylation sites is 2. The first-order chi connectivity index (χ1) is 15.2. The monoisotopic (exact) mass is 412 g/mol. The van der Waals surface area contributed by atoms with Crippen molar-refractivity contribution in [3.05, 3.63) is 84.2 Å². The normalized spacial score (nSPS) is 13.5. The number of aryl methyl sites for hydroxylation is 1. The smallest absolute Gasteiger partial charge is 0.255 e. The van der Waals surface area contributed by atoms with Gasteiger partial charge in [-0.15, -0.1) is 0 Å². The van der Waals surface area contributed by atoms with Crippen molar-refractivity contribution in [3.8, 4) is 5.75 Å². The molecule has 0 saturated carbocycles. The van der Waals surface area contributed by atoms with Crippen LogP contribution >= 0.6 is 0 Å². The molecule has 5 rings (SSSR count). The number of anilines is 2. The molecule has 0 unspecified atom stereocenters. The van der Waals surface area contributed by atoms with Gasteiger partial charge in [-0.05, 0) is 67.1 Å². The van der Waals surface area contributed by atoms with Crippen LogP contribution in [-0.4, -0.2) is 29.1 Å². The van der Waals surface area contributed by atoms with Crippen molar-refractivity contribution < 1.29 is 9.53 Å². The van der Waals surface area contributed by atoms with Gasteiger partial charge in [-0.25, -0.2) is 4.98 Å². The van der Waals surface area contributed by atoms with Gasteiger partial charge in [0.1, 0.15) is 11.6 Å². The molecule has 6 heteroatoms. The maximum Gasteiger partial charge on any atom is 0.255 e. The molecule has 1 aliphatic rings. The molecule has 1 aromatic heterocycles. The van der Waals surface area contributed by atoms with Crippen LogP contribution in [0.25, 0.3) is 11.0 Å². The number of nitrogens with zero attached hydrogens (tertiary/aromatic N) is 3. The minimum atomic E-state index is -0.140. The summed E-state index contributed by atoms with van der Waals surface area (Å²) in [5, 5.41) is 2.96. The van der Waals surface area contributed by atoms with Crippen LogP contribution in [-0.2, 0) is 13.1 Å². The first-order valence-electron chi connectivity index (χ1n) is 10.5. The fraction of sp³-hybridized carbons (Fsp3) is 0.200. The molecule has 0 saturated heterocycles. The van der Waals surface area contributed by atoms with Gasteiger partial charge in [0.25, 0.3) is 5.91 Å². The third-order valence-corrected chi connectivity index (χ3v) is 5.72. The molecular weight excluding hydrogens is 388 g/mol. The Hall–Kier alpha value is -3.80. The van der Waals surface area contributed by atoms with Gasteiger partial charge in [-0.2, -0.15) is 0 Å². The van der Waals surface area contributed by atoms with E-state index in [0.717, 1.165) is 54.5 Å². The Morgan fingerprint density at radius 1 is 0.968 bits per heavy atom. The number of aromatic nitrogens is 2. The second-order valence-corrected chi connectivity index (χ2v) is 7.67. The first kappa shape index (κ1) is 19.2. The van der Waals surface area contributed by atoms with Crippen LogP contribution in [0.15, 0.2) is 72.8 Å². The van der Waals surface area contributed by atoms with Crippen molar-refractivity contribution in [1.29, 1.82) is 0 Å². The van der Waals surface area contributed by atoms with Crippen LogP contribution in [0.2, 0.25) is 0 Å². The number of hydrogen-bond donors (Lipinski definition) is 1. The van der Waals surface area contributed by atoms with Crippen molar-refractivity contribution in [2.75, 3.05) is 23.9 Å². The Labute approximate surface area is 181 Å². The average Bonchev–Trinajstić information content (AvgIpc) is 3.02. The number of fused-ring (bicyclic) bond motifs is 3. The van der Waals surface area contributed by atoms with E-state index in [9.17, 15) is 4.79 Å². The predicted octanol–water partition coefficient (Wildman–Crippen LogP) is 4.71. The van der Waals surface area contributed by atoms with E-state index >= 15 is 0 Å². The van der Waals surface area contributed by atoms with E-state index in [-0.39, 0.29) is 5.91 Å². The lowest BCUT2D eigenvalue weighted by molar-refractivity contribution is 0.102.